The summed E-state index contributed by atoms with van der Waals surface area (Å²) in [5, 5.41) is 14.4. The zero-order chi connectivity index (χ0) is 12.0. The van der Waals surface area contributed by atoms with Gasteiger partial charge in [-0.25, -0.2) is 9.78 Å². The summed E-state index contributed by atoms with van der Waals surface area (Å²) in [5.41, 5.74) is 0.560. The first-order valence-electron chi connectivity index (χ1n) is 4.95. The molecular formula is C10H14ClN3O2. The number of aliphatic hydroxyl groups excluding tert-OH is 1. The maximum atomic E-state index is 11.5. The van der Waals surface area contributed by atoms with Crippen molar-refractivity contribution in [1.29, 1.82) is 0 Å². The molecule has 0 aromatic carbocycles. The Morgan fingerprint density at radius 2 is 2.44 bits per heavy atom. The van der Waals surface area contributed by atoms with E-state index in [4.69, 9.17) is 16.7 Å². The molecule has 1 rings (SSSR count). The van der Waals surface area contributed by atoms with E-state index in [1.807, 2.05) is 6.92 Å². The first kappa shape index (κ1) is 12.7. The molecule has 16 heavy (non-hydrogen) atoms. The standard InChI is InChI=1S/C10H14ClN3O2/c1-2-7(6-15)13-10(16)14-8-3-4-12-9(11)5-8/h3-5,7,15H,2,6H2,1H3,(H2,12,13,14,16). The number of urea groups is 1. The van der Waals surface area contributed by atoms with Gasteiger partial charge in [0.15, 0.2) is 0 Å². The van der Waals surface area contributed by atoms with Crippen molar-refractivity contribution in [3.8, 4) is 0 Å². The molecule has 0 spiro atoms. The Morgan fingerprint density at radius 3 is 3.00 bits per heavy atom. The lowest BCUT2D eigenvalue weighted by Crippen LogP contribution is -2.39. The average Bonchev–Trinajstić information content (AvgIpc) is 2.26. The van der Waals surface area contributed by atoms with Gasteiger partial charge >= 0.3 is 6.03 Å². The summed E-state index contributed by atoms with van der Waals surface area (Å²) >= 11 is 5.67. The van der Waals surface area contributed by atoms with Crippen LogP contribution in [-0.4, -0.2) is 28.8 Å². The number of rotatable bonds is 4. The van der Waals surface area contributed by atoms with Crippen molar-refractivity contribution in [2.75, 3.05) is 11.9 Å². The average molecular weight is 244 g/mol. The number of carbonyl (C=O) groups excluding carboxylic acids is 1. The first-order chi connectivity index (χ1) is 7.65. The van der Waals surface area contributed by atoms with Crippen molar-refractivity contribution in [2.24, 2.45) is 0 Å². The van der Waals surface area contributed by atoms with Crippen LogP contribution in [0.3, 0.4) is 0 Å². The van der Waals surface area contributed by atoms with Crippen molar-refractivity contribution in [3.05, 3.63) is 23.5 Å². The molecule has 0 bridgehead atoms. The molecule has 88 valence electrons. The van der Waals surface area contributed by atoms with Crippen LogP contribution in [0.2, 0.25) is 5.15 Å². The molecule has 5 nitrogen and oxygen atoms in total. The number of hydrogen-bond acceptors (Lipinski definition) is 3. The number of aliphatic hydroxyl groups is 1. The summed E-state index contributed by atoms with van der Waals surface area (Å²) in [4.78, 5) is 15.2. The van der Waals surface area contributed by atoms with Gasteiger partial charge < -0.3 is 15.7 Å². The van der Waals surface area contributed by atoms with Gasteiger partial charge in [0.1, 0.15) is 5.15 Å². The molecule has 1 aromatic heterocycles. The van der Waals surface area contributed by atoms with Gasteiger partial charge in [0.2, 0.25) is 0 Å². The lowest BCUT2D eigenvalue weighted by atomic mass is 10.2. The number of pyridine rings is 1. The summed E-state index contributed by atoms with van der Waals surface area (Å²) in [6.45, 7) is 1.80. The molecule has 0 aliphatic heterocycles. The number of aromatic nitrogens is 1. The fourth-order valence-electron chi connectivity index (χ4n) is 1.11. The Kier molecular flexibility index (Phi) is 5.01. The fraction of sp³-hybridized carbons (Fsp3) is 0.400. The predicted molar refractivity (Wildman–Crippen MR) is 62.6 cm³/mol. The quantitative estimate of drug-likeness (QED) is 0.704. The molecule has 1 aromatic rings. The van der Waals surface area contributed by atoms with Gasteiger partial charge in [-0.05, 0) is 18.6 Å². The number of nitrogens with one attached hydrogen (secondary N) is 2. The van der Waals surface area contributed by atoms with E-state index in [1.165, 1.54) is 6.20 Å². The molecule has 0 aliphatic carbocycles. The van der Waals surface area contributed by atoms with Crippen LogP contribution in [0.15, 0.2) is 18.3 Å². The Balaban J connectivity index is 2.51. The largest absolute Gasteiger partial charge is 0.394 e. The van der Waals surface area contributed by atoms with Crippen molar-refractivity contribution >= 4 is 23.3 Å². The molecule has 1 heterocycles. The van der Waals surface area contributed by atoms with Crippen molar-refractivity contribution in [1.82, 2.24) is 10.3 Å². The van der Waals surface area contributed by atoms with Gasteiger partial charge in [-0.3, -0.25) is 0 Å². The van der Waals surface area contributed by atoms with E-state index in [0.29, 0.717) is 17.3 Å². The molecule has 0 saturated heterocycles. The maximum Gasteiger partial charge on any atom is 0.319 e. The number of hydrogen-bond donors (Lipinski definition) is 3. The van der Waals surface area contributed by atoms with E-state index < -0.39 is 0 Å². The lowest BCUT2D eigenvalue weighted by molar-refractivity contribution is 0.222. The van der Waals surface area contributed by atoms with E-state index in [1.54, 1.807) is 12.1 Å². The van der Waals surface area contributed by atoms with Gasteiger partial charge in [-0.1, -0.05) is 18.5 Å². The van der Waals surface area contributed by atoms with E-state index in [-0.39, 0.29) is 18.7 Å². The number of carbonyl (C=O) groups is 1. The molecule has 1 atom stereocenters. The SMILES string of the molecule is CCC(CO)NC(=O)Nc1ccnc(Cl)c1. The van der Waals surface area contributed by atoms with Gasteiger partial charge in [-0.15, -0.1) is 0 Å². The molecule has 0 aliphatic rings. The van der Waals surface area contributed by atoms with Crippen LogP contribution in [0.5, 0.6) is 0 Å². The van der Waals surface area contributed by atoms with Crippen LogP contribution in [0.1, 0.15) is 13.3 Å². The van der Waals surface area contributed by atoms with Gasteiger partial charge in [-0.2, -0.15) is 0 Å². The van der Waals surface area contributed by atoms with Crippen molar-refractivity contribution < 1.29 is 9.90 Å². The summed E-state index contributed by atoms with van der Waals surface area (Å²) in [6.07, 6.45) is 2.17. The molecule has 0 saturated carbocycles. The molecule has 6 heteroatoms. The van der Waals surface area contributed by atoms with Crippen molar-refractivity contribution in [2.45, 2.75) is 19.4 Å². The molecule has 0 fully saturated rings. The van der Waals surface area contributed by atoms with Crippen LogP contribution in [0.25, 0.3) is 0 Å². The minimum absolute atomic E-state index is 0.0823. The Morgan fingerprint density at radius 1 is 1.69 bits per heavy atom. The van der Waals surface area contributed by atoms with Crippen LogP contribution >= 0.6 is 11.6 Å². The third kappa shape index (κ3) is 4.04. The second kappa shape index (κ2) is 6.30. The summed E-state index contributed by atoms with van der Waals surface area (Å²) in [6, 6.07) is 2.56. The molecule has 2 amide bonds. The highest BCUT2D eigenvalue weighted by Gasteiger charge is 2.08. The topological polar surface area (TPSA) is 74.2 Å². The van der Waals surface area contributed by atoms with Crippen LogP contribution in [-0.2, 0) is 0 Å². The lowest BCUT2D eigenvalue weighted by Gasteiger charge is -2.14. The predicted octanol–water partition coefficient (Wildman–Crippen LogP) is 1.63. The monoisotopic (exact) mass is 243 g/mol. The fourth-order valence-corrected chi connectivity index (χ4v) is 1.28. The van der Waals surface area contributed by atoms with E-state index in [0.717, 1.165) is 0 Å². The number of anilines is 1. The van der Waals surface area contributed by atoms with Crippen molar-refractivity contribution in [3.63, 3.8) is 0 Å². The third-order valence-electron chi connectivity index (χ3n) is 2.03. The Bertz CT molecular complexity index is 356. The minimum atomic E-state index is -0.372. The van der Waals surface area contributed by atoms with E-state index in [2.05, 4.69) is 15.6 Å². The van der Waals surface area contributed by atoms with Gasteiger partial charge in [0.25, 0.3) is 0 Å². The molecule has 3 N–H and O–H groups in total. The normalized spacial score (nSPS) is 11.9. The number of nitrogens with zero attached hydrogens (tertiary/aromatic N) is 1. The van der Waals surface area contributed by atoms with Gasteiger partial charge in [0, 0.05) is 11.9 Å². The summed E-state index contributed by atoms with van der Waals surface area (Å²) in [7, 11) is 0. The maximum absolute atomic E-state index is 11.5. The summed E-state index contributed by atoms with van der Waals surface area (Å²) < 4.78 is 0. The highest BCUT2D eigenvalue weighted by atomic mass is 35.5. The molecular weight excluding hydrogens is 230 g/mol. The molecule has 1 unspecified atom stereocenters. The Labute approximate surface area is 98.8 Å². The highest BCUT2D eigenvalue weighted by Crippen LogP contribution is 2.11. The second-order valence-corrected chi connectivity index (χ2v) is 3.64. The van der Waals surface area contributed by atoms with Gasteiger partial charge in [0.05, 0.1) is 12.6 Å². The van der Waals surface area contributed by atoms with Crippen LogP contribution in [0, 0.1) is 0 Å². The minimum Gasteiger partial charge on any atom is -0.394 e. The van der Waals surface area contributed by atoms with E-state index >= 15 is 0 Å². The second-order valence-electron chi connectivity index (χ2n) is 3.25. The zero-order valence-corrected chi connectivity index (χ0v) is 9.66. The third-order valence-corrected chi connectivity index (χ3v) is 2.24. The van der Waals surface area contributed by atoms with Crippen LogP contribution in [0.4, 0.5) is 10.5 Å². The zero-order valence-electron chi connectivity index (χ0n) is 8.90. The van der Waals surface area contributed by atoms with Crippen LogP contribution < -0.4 is 10.6 Å². The smallest absolute Gasteiger partial charge is 0.319 e. The number of halogens is 1. The molecule has 0 radical (unpaired) electrons. The summed E-state index contributed by atoms with van der Waals surface area (Å²) in [5.74, 6) is 0. The number of amides is 2. The first-order valence-corrected chi connectivity index (χ1v) is 5.33. The highest BCUT2D eigenvalue weighted by molar-refractivity contribution is 6.29. The van der Waals surface area contributed by atoms with E-state index in [9.17, 15) is 4.79 Å². The Hall–Kier alpha value is -1.33.